The van der Waals surface area contributed by atoms with Gasteiger partial charge in [0.1, 0.15) is 0 Å². The molecule has 104 valence electrons. The summed E-state index contributed by atoms with van der Waals surface area (Å²) < 4.78 is 0. The molecule has 1 aliphatic heterocycles. The Morgan fingerprint density at radius 1 is 1.28 bits per heavy atom. The zero-order valence-corrected chi connectivity index (χ0v) is 11.1. The molecule has 0 radical (unpaired) electrons. The predicted octanol–water partition coefficient (Wildman–Crippen LogP) is -0.948. The minimum atomic E-state index is -0.303. The summed E-state index contributed by atoms with van der Waals surface area (Å²) in [7, 11) is 0. The van der Waals surface area contributed by atoms with Gasteiger partial charge in [-0.25, -0.2) is 0 Å². The van der Waals surface area contributed by atoms with E-state index in [9.17, 15) is 9.59 Å². The van der Waals surface area contributed by atoms with Crippen LogP contribution in [0, 0.1) is 0 Å². The van der Waals surface area contributed by atoms with Gasteiger partial charge in [0.05, 0.1) is 13.1 Å². The van der Waals surface area contributed by atoms with Crippen molar-refractivity contribution in [2.75, 3.05) is 32.7 Å². The smallest absolute Gasteiger partial charge is 0.239 e. The lowest BCUT2D eigenvalue weighted by Gasteiger charge is -2.32. The number of likely N-dealkylation sites (tertiary alicyclic amines) is 1. The van der Waals surface area contributed by atoms with Crippen LogP contribution < -0.4 is 16.4 Å². The molecule has 2 amide bonds. The average molecular weight is 256 g/mol. The van der Waals surface area contributed by atoms with Gasteiger partial charge >= 0.3 is 0 Å². The first-order chi connectivity index (χ1) is 8.65. The van der Waals surface area contributed by atoms with Gasteiger partial charge in [0, 0.05) is 19.1 Å². The van der Waals surface area contributed by atoms with Crippen LogP contribution in [-0.2, 0) is 9.59 Å². The molecule has 0 aromatic carbocycles. The summed E-state index contributed by atoms with van der Waals surface area (Å²) in [6.07, 6.45) is 3.13. The minimum Gasteiger partial charge on any atom is -0.352 e. The molecule has 1 fully saturated rings. The number of carbonyl (C=O) groups is 2. The number of rotatable bonds is 6. The molecule has 0 unspecified atom stereocenters. The summed E-state index contributed by atoms with van der Waals surface area (Å²) in [4.78, 5) is 24.9. The number of hydrogen-bond donors (Lipinski definition) is 3. The first-order valence-corrected chi connectivity index (χ1v) is 6.64. The second-order valence-corrected chi connectivity index (χ2v) is 4.66. The molecule has 18 heavy (non-hydrogen) atoms. The van der Waals surface area contributed by atoms with Crippen molar-refractivity contribution >= 4 is 11.8 Å². The standard InChI is InChI=1S/C12H24N4O2/c1-2-5-16-6-3-10(4-7-16)15-12(18)9-14-11(17)8-13/h10H,2-9,13H2,1H3,(H,14,17)(H,15,18). The molecule has 0 saturated carbocycles. The van der Waals surface area contributed by atoms with Crippen molar-refractivity contribution in [3.8, 4) is 0 Å². The lowest BCUT2D eigenvalue weighted by Crippen LogP contribution is -2.48. The van der Waals surface area contributed by atoms with Gasteiger partial charge in [-0.3, -0.25) is 9.59 Å². The first kappa shape index (κ1) is 14.9. The normalized spacial score (nSPS) is 17.4. The summed E-state index contributed by atoms with van der Waals surface area (Å²) in [5, 5.41) is 5.40. The Balaban J connectivity index is 2.16. The highest BCUT2D eigenvalue weighted by atomic mass is 16.2. The topological polar surface area (TPSA) is 87.5 Å². The largest absolute Gasteiger partial charge is 0.352 e. The molecule has 1 heterocycles. The SMILES string of the molecule is CCCN1CCC(NC(=O)CNC(=O)CN)CC1. The molecular weight excluding hydrogens is 232 g/mol. The second kappa shape index (κ2) is 8.05. The fraction of sp³-hybridized carbons (Fsp3) is 0.833. The molecule has 1 aliphatic rings. The van der Waals surface area contributed by atoms with E-state index in [0.29, 0.717) is 0 Å². The molecule has 0 bridgehead atoms. The Morgan fingerprint density at radius 2 is 1.94 bits per heavy atom. The highest BCUT2D eigenvalue weighted by Gasteiger charge is 2.19. The van der Waals surface area contributed by atoms with Crippen molar-refractivity contribution in [1.29, 1.82) is 0 Å². The lowest BCUT2D eigenvalue weighted by molar-refractivity contribution is -0.125. The molecule has 0 aromatic heterocycles. The predicted molar refractivity (Wildman–Crippen MR) is 70.0 cm³/mol. The molecule has 0 aliphatic carbocycles. The van der Waals surface area contributed by atoms with Gasteiger partial charge in [0.15, 0.2) is 0 Å². The third kappa shape index (κ3) is 5.46. The maximum absolute atomic E-state index is 11.6. The van der Waals surface area contributed by atoms with Crippen LogP contribution in [0.2, 0.25) is 0 Å². The Bertz CT molecular complexity index is 275. The fourth-order valence-electron chi connectivity index (χ4n) is 2.15. The summed E-state index contributed by atoms with van der Waals surface area (Å²) in [6.45, 7) is 5.32. The summed E-state index contributed by atoms with van der Waals surface area (Å²) in [5.74, 6) is -0.436. The van der Waals surface area contributed by atoms with Gasteiger partial charge in [-0.15, -0.1) is 0 Å². The van der Waals surface area contributed by atoms with E-state index in [1.807, 2.05) is 0 Å². The van der Waals surface area contributed by atoms with Gasteiger partial charge < -0.3 is 21.3 Å². The lowest BCUT2D eigenvalue weighted by atomic mass is 10.0. The molecule has 0 aromatic rings. The molecular formula is C12H24N4O2. The van der Waals surface area contributed by atoms with Crippen molar-refractivity contribution in [1.82, 2.24) is 15.5 Å². The monoisotopic (exact) mass is 256 g/mol. The van der Waals surface area contributed by atoms with E-state index in [2.05, 4.69) is 22.5 Å². The number of nitrogens with zero attached hydrogens (tertiary/aromatic N) is 1. The van der Waals surface area contributed by atoms with Crippen LogP contribution >= 0.6 is 0 Å². The Kier molecular flexibility index (Phi) is 6.67. The van der Waals surface area contributed by atoms with E-state index in [1.54, 1.807) is 0 Å². The number of nitrogens with two attached hydrogens (primary N) is 1. The summed E-state index contributed by atoms with van der Waals surface area (Å²) in [5.41, 5.74) is 5.14. The fourth-order valence-corrected chi connectivity index (χ4v) is 2.15. The first-order valence-electron chi connectivity index (χ1n) is 6.64. The van der Waals surface area contributed by atoms with Gasteiger partial charge in [-0.2, -0.15) is 0 Å². The van der Waals surface area contributed by atoms with Crippen molar-refractivity contribution in [3.05, 3.63) is 0 Å². The zero-order chi connectivity index (χ0) is 13.4. The van der Waals surface area contributed by atoms with Crippen molar-refractivity contribution in [2.45, 2.75) is 32.2 Å². The van der Waals surface area contributed by atoms with Crippen molar-refractivity contribution in [3.63, 3.8) is 0 Å². The summed E-state index contributed by atoms with van der Waals surface area (Å²) >= 11 is 0. The average Bonchev–Trinajstić information content (AvgIpc) is 2.38. The molecule has 0 spiro atoms. The molecule has 0 atom stereocenters. The van der Waals surface area contributed by atoms with Crippen LogP contribution in [0.15, 0.2) is 0 Å². The highest BCUT2D eigenvalue weighted by Crippen LogP contribution is 2.10. The molecule has 4 N–H and O–H groups in total. The number of hydrogen-bond acceptors (Lipinski definition) is 4. The number of piperidine rings is 1. The van der Waals surface area contributed by atoms with Crippen LogP contribution in [0.4, 0.5) is 0 Å². The van der Waals surface area contributed by atoms with Gasteiger partial charge in [0.2, 0.25) is 11.8 Å². The van der Waals surface area contributed by atoms with E-state index in [-0.39, 0.29) is 30.9 Å². The molecule has 1 rings (SSSR count). The van der Waals surface area contributed by atoms with Crippen LogP contribution in [-0.4, -0.2) is 55.5 Å². The number of amides is 2. The van der Waals surface area contributed by atoms with Crippen LogP contribution in [0.1, 0.15) is 26.2 Å². The highest BCUT2D eigenvalue weighted by molar-refractivity contribution is 5.85. The minimum absolute atomic E-state index is 0.0191. The van der Waals surface area contributed by atoms with Crippen molar-refractivity contribution in [2.24, 2.45) is 5.73 Å². The molecule has 6 heteroatoms. The molecule has 1 saturated heterocycles. The Morgan fingerprint density at radius 3 is 2.50 bits per heavy atom. The van der Waals surface area contributed by atoms with Gasteiger partial charge in [-0.05, 0) is 25.8 Å². The summed E-state index contributed by atoms with van der Waals surface area (Å²) in [6, 6.07) is 0.236. The van der Waals surface area contributed by atoms with Gasteiger partial charge in [0.25, 0.3) is 0 Å². The Labute approximate surface area is 108 Å². The van der Waals surface area contributed by atoms with Gasteiger partial charge in [-0.1, -0.05) is 6.92 Å². The maximum atomic E-state index is 11.6. The molecule has 6 nitrogen and oxygen atoms in total. The van der Waals surface area contributed by atoms with E-state index in [1.165, 1.54) is 6.42 Å². The van der Waals surface area contributed by atoms with Crippen molar-refractivity contribution < 1.29 is 9.59 Å². The zero-order valence-electron chi connectivity index (χ0n) is 11.1. The number of nitrogens with one attached hydrogen (secondary N) is 2. The Hall–Kier alpha value is -1.14. The van der Waals surface area contributed by atoms with Crippen LogP contribution in [0.3, 0.4) is 0 Å². The quantitative estimate of drug-likeness (QED) is 0.572. The number of carbonyl (C=O) groups excluding carboxylic acids is 2. The second-order valence-electron chi connectivity index (χ2n) is 4.66. The van der Waals surface area contributed by atoms with Crippen LogP contribution in [0.25, 0.3) is 0 Å². The maximum Gasteiger partial charge on any atom is 0.239 e. The third-order valence-corrected chi connectivity index (χ3v) is 3.12. The third-order valence-electron chi connectivity index (χ3n) is 3.12. The van der Waals surface area contributed by atoms with E-state index in [0.717, 1.165) is 32.5 Å². The van der Waals surface area contributed by atoms with Crippen LogP contribution in [0.5, 0.6) is 0 Å². The van der Waals surface area contributed by atoms with E-state index in [4.69, 9.17) is 5.73 Å². The van der Waals surface area contributed by atoms with E-state index >= 15 is 0 Å². The van der Waals surface area contributed by atoms with E-state index < -0.39 is 0 Å².